The number of urea groups is 1. The normalized spacial score (nSPS) is 19.5. The molecule has 2 fully saturated rings. The van der Waals surface area contributed by atoms with E-state index in [1.807, 2.05) is 0 Å². The van der Waals surface area contributed by atoms with Crippen LogP contribution < -0.4 is 4.90 Å². The molecule has 1 unspecified atom stereocenters. The fourth-order valence-corrected chi connectivity index (χ4v) is 3.53. The molecule has 5 amide bonds. The fraction of sp³-hybridized carbons (Fsp3) is 0.500. The van der Waals surface area contributed by atoms with Gasteiger partial charge in [-0.15, -0.1) is 0 Å². The highest BCUT2D eigenvalue weighted by Crippen LogP contribution is 2.27. The third-order valence-electron chi connectivity index (χ3n) is 4.94. The van der Waals surface area contributed by atoms with Crippen LogP contribution in [0.1, 0.15) is 39.2 Å². The van der Waals surface area contributed by atoms with E-state index >= 15 is 0 Å². The first-order valence-corrected chi connectivity index (χ1v) is 9.90. The van der Waals surface area contributed by atoms with E-state index in [9.17, 15) is 19.2 Å². The number of hydrogen-bond acceptors (Lipinski definition) is 6. The molecule has 0 radical (unpaired) electrons. The van der Waals surface area contributed by atoms with Crippen LogP contribution in [0.2, 0.25) is 0 Å². The molecule has 2 saturated heterocycles. The third kappa shape index (κ3) is 4.77. The number of carbonyl (C=O) groups is 4. The van der Waals surface area contributed by atoms with Gasteiger partial charge in [0.25, 0.3) is 5.91 Å². The van der Waals surface area contributed by atoms with Crippen molar-refractivity contribution < 1.29 is 23.9 Å². The van der Waals surface area contributed by atoms with Crippen LogP contribution in [0.3, 0.4) is 0 Å². The Kier molecular flexibility index (Phi) is 6.16. The molecule has 3 rings (SSSR count). The summed E-state index contributed by atoms with van der Waals surface area (Å²) in [5, 5.41) is 3.50. The van der Waals surface area contributed by atoms with Gasteiger partial charge >= 0.3 is 12.1 Å². The van der Waals surface area contributed by atoms with Crippen molar-refractivity contribution in [2.75, 3.05) is 18.0 Å². The lowest BCUT2D eigenvalue weighted by molar-refractivity contribution is -0.150. The predicted octanol–water partition coefficient (Wildman–Crippen LogP) is 3.19. The van der Waals surface area contributed by atoms with Gasteiger partial charge in [0.15, 0.2) is 0 Å². The predicted molar refractivity (Wildman–Crippen MR) is 110 cm³/mol. The first kappa shape index (κ1) is 22.1. The summed E-state index contributed by atoms with van der Waals surface area (Å²) in [6.45, 7) is 5.77. The Morgan fingerprint density at radius 1 is 1.19 bits per heavy atom. The highest BCUT2D eigenvalue weighted by Gasteiger charge is 2.46. The van der Waals surface area contributed by atoms with E-state index in [2.05, 4.69) is 10.0 Å². The average molecular weight is 428 g/mol. The van der Waals surface area contributed by atoms with Crippen LogP contribution in [0.15, 0.2) is 29.4 Å². The molecule has 0 spiro atoms. The summed E-state index contributed by atoms with van der Waals surface area (Å²) in [5.41, 5.74) is 8.99. The number of benzene rings is 1. The number of piperidine rings is 1. The van der Waals surface area contributed by atoms with Crippen LogP contribution in [0.4, 0.5) is 15.3 Å². The molecule has 0 bridgehead atoms. The van der Waals surface area contributed by atoms with Crippen molar-refractivity contribution in [3.8, 4) is 0 Å². The lowest BCUT2D eigenvalue weighted by atomic mass is 10.0. The van der Waals surface area contributed by atoms with Crippen molar-refractivity contribution in [3.05, 3.63) is 40.3 Å². The van der Waals surface area contributed by atoms with Crippen LogP contribution in [-0.2, 0) is 20.9 Å². The molecule has 0 aliphatic carbocycles. The Hall–Kier alpha value is -3.59. The number of nitrogens with zero attached hydrogens (tertiary/aromatic N) is 6. The summed E-state index contributed by atoms with van der Waals surface area (Å²) in [6.07, 6.45) is -0.902. The van der Waals surface area contributed by atoms with Crippen LogP contribution in [0, 0.1) is 0 Å². The van der Waals surface area contributed by atoms with Crippen molar-refractivity contribution in [2.24, 2.45) is 5.11 Å². The minimum atomic E-state index is -1.02. The molecule has 31 heavy (non-hydrogen) atoms. The first-order chi connectivity index (χ1) is 14.6. The largest absolute Gasteiger partial charge is 0.443 e. The number of anilines is 1. The number of carbonyl (C=O) groups excluding carboxylic acids is 4. The van der Waals surface area contributed by atoms with Gasteiger partial charge in [-0.3, -0.25) is 14.5 Å². The van der Waals surface area contributed by atoms with Gasteiger partial charge in [-0.25, -0.2) is 9.59 Å². The minimum absolute atomic E-state index is 0.0342. The zero-order valence-electron chi connectivity index (χ0n) is 17.6. The van der Waals surface area contributed by atoms with Gasteiger partial charge in [-0.1, -0.05) is 17.2 Å². The maximum atomic E-state index is 13.0. The van der Waals surface area contributed by atoms with Crippen molar-refractivity contribution in [1.82, 2.24) is 9.80 Å². The minimum Gasteiger partial charge on any atom is -0.443 e. The lowest BCUT2D eigenvalue weighted by Gasteiger charge is -2.34. The fourth-order valence-electron chi connectivity index (χ4n) is 3.53. The zero-order chi connectivity index (χ0) is 22.8. The number of hydrogen-bond donors (Lipinski definition) is 0. The molecule has 2 heterocycles. The Morgan fingerprint density at radius 2 is 1.87 bits per heavy atom. The quantitative estimate of drug-likeness (QED) is 0.314. The van der Waals surface area contributed by atoms with Crippen LogP contribution >= 0.6 is 0 Å². The summed E-state index contributed by atoms with van der Waals surface area (Å²) < 4.78 is 5.19. The first-order valence-electron chi connectivity index (χ1n) is 9.90. The molecule has 164 valence electrons. The van der Waals surface area contributed by atoms with E-state index in [0.29, 0.717) is 17.1 Å². The van der Waals surface area contributed by atoms with Crippen molar-refractivity contribution in [3.63, 3.8) is 0 Å². The third-order valence-corrected chi connectivity index (χ3v) is 4.94. The second-order valence-electron chi connectivity index (χ2n) is 8.29. The number of amides is 5. The second kappa shape index (κ2) is 8.65. The van der Waals surface area contributed by atoms with Crippen LogP contribution in [0.25, 0.3) is 10.4 Å². The smallest absolute Gasteiger partial charge is 0.424 e. The molecular formula is C20H24N6O5. The molecule has 2 aliphatic rings. The molecule has 11 nitrogen and oxygen atoms in total. The van der Waals surface area contributed by atoms with Gasteiger partial charge in [0, 0.05) is 30.1 Å². The van der Waals surface area contributed by atoms with E-state index in [1.54, 1.807) is 45.0 Å². The lowest BCUT2D eigenvalue weighted by Crippen LogP contribution is -2.57. The Morgan fingerprint density at radius 3 is 2.48 bits per heavy atom. The number of ether oxygens (including phenoxy) is 1. The average Bonchev–Trinajstić information content (AvgIpc) is 3.07. The molecule has 11 heteroatoms. The second-order valence-corrected chi connectivity index (χ2v) is 8.29. The zero-order valence-corrected chi connectivity index (χ0v) is 17.6. The van der Waals surface area contributed by atoms with Gasteiger partial charge in [-0.2, -0.15) is 4.90 Å². The molecule has 2 aliphatic heterocycles. The molecule has 0 aromatic heterocycles. The SMILES string of the molecule is CC(C)(C)OC(=O)N1C(=O)CCC(N2CCN(c3ccc(CN=[N+]=[N-])cc3)C2=O)C1=O. The maximum Gasteiger partial charge on any atom is 0.424 e. The highest BCUT2D eigenvalue weighted by atomic mass is 16.6. The molecular weight excluding hydrogens is 404 g/mol. The van der Waals surface area contributed by atoms with E-state index in [1.165, 1.54) is 9.80 Å². The summed E-state index contributed by atoms with van der Waals surface area (Å²) in [5.74, 6) is -1.37. The topological polar surface area (TPSA) is 136 Å². The number of rotatable bonds is 4. The maximum absolute atomic E-state index is 13.0. The van der Waals surface area contributed by atoms with E-state index in [0.717, 1.165) is 5.56 Å². The molecule has 0 saturated carbocycles. The van der Waals surface area contributed by atoms with Gasteiger partial charge in [0.1, 0.15) is 11.6 Å². The Balaban J connectivity index is 1.73. The summed E-state index contributed by atoms with van der Waals surface area (Å²) in [7, 11) is 0. The van der Waals surface area contributed by atoms with Crippen molar-refractivity contribution in [2.45, 2.75) is 51.8 Å². The van der Waals surface area contributed by atoms with Gasteiger partial charge in [-0.05, 0) is 50.4 Å². The van der Waals surface area contributed by atoms with Gasteiger partial charge in [0.2, 0.25) is 5.91 Å². The summed E-state index contributed by atoms with van der Waals surface area (Å²) in [6, 6.07) is 5.71. The van der Waals surface area contributed by atoms with E-state index < -0.39 is 29.6 Å². The molecule has 1 aromatic rings. The number of imide groups is 3. The summed E-state index contributed by atoms with van der Waals surface area (Å²) >= 11 is 0. The molecule has 1 aromatic carbocycles. The monoisotopic (exact) mass is 428 g/mol. The molecule has 1 atom stereocenters. The van der Waals surface area contributed by atoms with Gasteiger partial charge in [0.05, 0.1) is 6.54 Å². The standard InChI is InChI=1S/C20H24N6O5/c1-20(2,3)31-19(30)26-16(27)9-8-15(17(26)28)25-11-10-24(18(25)29)14-6-4-13(5-7-14)12-22-23-21/h4-7,15H,8-12H2,1-3H3. The van der Waals surface area contributed by atoms with E-state index in [4.69, 9.17) is 10.3 Å². The molecule has 0 N–H and O–H groups in total. The number of azide groups is 1. The summed E-state index contributed by atoms with van der Waals surface area (Å²) in [4.78, 5) is 56.7. The Bertz CT molecular complexity index is 948. The van der Waals surface area contributed by atoms with Crippen LogP contribution in [-0.4, -0.2) is 58.5 Å². The van der Waals surface area contributed by atoms with Crippen LogP contribution in [0.5, 0.6) is 0 Å². The van der Waals surface area contributed by atoms with Crippen molar-refractivity contribution >= 4 is 29.6 Å². The Labute approximate surface area is 179 Å². The van der Waals surface area contributed by atoms with E-state index in [-0.39, 0.29) is 32.0 Å². The number of likely N-dealkylation sites (tertiary alicyclic amines) is 1. The van der Waals surface area contributed by atoms with Gasteiger partial charge < -0.3 is 9.64 Å². The highest BCUT2D eigenvalue weighted by molar-refractivity contribution is 6.13. The van der Waals surface area contributed by atoms with Crippen molar-refractivity contribution in [1.29, 1.82) is 0 Å².